The Kier molecular flexibility index (Phi) is 4.02. The van der Waals surface area contributed by atoms with E-state index in [-0.39, 0.29) is 18.3 Å². The Labute approximate surface area is 124 Å². The Morgan fingerprint density at radius 2 is 2.38 bits per heavy atom. The molecular formula is C14H17FN3O2P. The van der Waals surface area contributed by atoms with Crippen molar-refractivity contribution < 1.29 is 14.2 Å². The van der Waals surface area contributed by atoms with E-state index in [4.69, 9.17) is 4.74 Å². The average Bonchev–Trinajstić information content (AvgIpc) is 3.09. The van der Waals surface area contributed by atoms with Crippen molar-refractivity contribution in [3.63, 3.8) is 0 Å². The number of rotatable bonds is 4. The summed E-state index contributed by atoms with van der Waals surface area (Å²) in [4.78, 5) is 3.91. The molecular weight excluding hydrogens is 292 g/mol. The number of halogens is 1. The Morgan fingerprint density at radius 1 is 1.52 bits per heavy atom. The molecule has 5 nitrogen and oxygen atoms in total. The molecule has 0 saturated carbocycles. The van der Waals surface area contributed by atoms with E-state index in [2.05, 4.69) is 19.3 Å². The fourth-order valence-corrected chi connectivity index (χ4v) is 3.08. The summed E-state index contributed by atoms with van der Waals surface area (Å²) in [5, 5.41) is 14.2. The second-order valence-electron chi connectivity index (χ2n) is 5.39. The standard InChI is InChI=1S/C14H17FN3O2P/c15-13-3-11(21)1-2-12(13)14(4-10(5-19)6-20-14)7-18-9-16-8-17-18/h1-3,8-10,19H,4-7,21H2/t10-,14-/m1/s1. The number of aromatic nitrogens is 3. The molecule has 3 rings (SSSR count). The van der Waals surface area contributed by atoms with Gasteiger partial charge in [0.05, 0.1) is 13.2 Å². The molecule has 0 amide bonds. The van der Waals surface area contributed by atoms with Crippen molar-refractivity contribution in [1.29, 1.82) is 0 Å². The van der Waals surface area contributed by atoms with Crippen molar-refractivity contribution in [2.45, 2.75) is 18.6 Å². The predicted molar refractivity (Wildman–Crippen MR) is 78.6 cm³/mol. The lowest BCUT2D eigenvalue weighted by Gasteiger charge is -2.29. The summed E-state index contributed by atoms with van der Waals surface area (Å²) in [7, 11) is 2.48. The van der Waals surface area contributed by atoms with Gasteiger partial charge in [-0.05, 0) is 17.8 Å². The third-order valence-corrected chi connectivity index (χ3v) is 4.20. The number of benzene rings is 1. The molecule has 1 aromatic heterocycles. The van der Waals surface area contributed by atoms with Gasteiger partial charge in [-0.25, -0.2) is 14.1 Å². The summed E-state index contributed by atoms with van der Waals surface area (Å²) in [6.07, 6.45) is 3.57. The molecule has 0 aliphatic carbocycles. The summed E-state index contributed by atoms with van der Waals surface area (Å²) in [5.41, 5.74) is -0.316. The van der Waals surface area contributed by atoms with Crippen LogP contribution in [-0.4, -0.2) is 33.1 Å². The Bertz CT molecular complexity index is 623. The molecule has 112 valence electrons. The molecule has 7 heteroatoms. The van der Waals surface area contributed by atoms with Crippen LogP contribution in [0.4, 0.5) is 4.39 Å². The minimum atomic E-state index is -0.816. The maximum absolute atomic E-state index is 14.4. The van der Waals surface area contributed by atoms with Crippen LogP contribution in [0.1, 0.15) is 12.0 Å². The second kappa shape index (κ2) is 5.79. The van der Waals surface area contributed by atoms with Crippen LogP contribution >= 0.6 is 9.24 Å². The zero-order valence-electron chi connectivity index (χ0n) is 11.4. The second-order valence-corrected chi connectivity index (χ2v) is 6.06. The summed E-state index contributed by atoms with van der Waals surface area (Å²) in [5.74, 6) is -0.301. The van der Waals surface area contributed by atoms with Gasteiger partial charge in [0.15, 0.2) is 0 Å². The van der Waals surface area contributed by atoms with Crippen molar-refractivity contribution in [3.8, 4) is 0 Å². The van der Waals surface area contributed by atoms with E-state index >= 15 is 0 Å². The smallest absolute Gasteiger partial charge is 0.137 e. The first kappa shape index (κ1) is 14.6. The molecule has 3 atom stereocenters. The largest absolute Gasteiger partial charge is 0.396 e. The summed E-state index contributed by atoms with van der Waals surface area (Å²) in [6, 6.07) is 5.05. The van der Waals surface area contributed by atoms with Crippen LogP contribution < -0.4 is 5.30 Å². The lowest BCUT2D eigenvalue weighted by Crippen LogP contribution is -2.33. The van der Waals surface area contributed by atoms with E-state index in [1.165, 1.54) is 12.4 Å². The zero-order chi connectivity index (χ0) is 14.9. The van der Waals surface area contributed by atoms with E-state index in [0.717, 1.165) is 5.30 Å². The normalized spacial score (nSPS) is 25.4. The highest BCUT2D eigenvalue weighted by Crippen LogP contribution is 2.41. The van der Waals surface area contributed by atoms with Crippen LogP contribution in [0.15, 0.2) is 30.9 Å². The molecule has 2 aromatic rings. The summed E-state index contributed by atoms with van der Waals surface area (Å²) < 4.78 is 22.0. The van der Waals surface area contributed by atoms with Crippen LogP contribution in [0.25, 0.3) is 0 Å². The van der Waals surface area contributed by atoms with Gasteiger partial charge in [0.2, 0.25) is 0 Å². The van der Waals surface area contributed by atoms with Gasteiger partial charge in [0.25, 0.3) is 0 Å². The topological polar surface area (TPSA) is 60.2 Å². The Hall–Kier alpha value is -1.36. The van der Waals surface area contributed by atoms with Crippen molar-refractivity contribution in [2.75, 3.05) is 13.2 Å². The number of ether oxygens (including phenoxy) is 1. The molecule has 1 aromatic carbocycles. The van der Waals surface area contributed by atoms with Gasteiger partial charge in [0.1, 0.15) is 24.1 Å². The minimum Gasteiger partial charge on any atom is -0.396 e. The first-order chi connectivity index (χ1) is 10.1. The van der Waals surface area contributed by atoms with Gasteiger partial charge in [-0.15, -0.1) is 9.24 Å². The third-order valence-electron chi connectivity index (χ3n) is 3.84. The van der Waals surface area contributed by atoms with Crippen LogP contribution in [0.5, 0.6) is 0 Å². The number of aliphatic hydroxyl groups is 1. The molecule has 1 aliphatic heterocycles. The first-order valence-electron chi connectivity index (χ1n) is 6.76. The monoisotopic (exact) mass is 309 g/mol. The maximum Gasteiger partial charge on any atom is 0.137 e. The van der Waals surface area contributed by atoms with Crippen LogP contribution in [0, 0.1) is 11.7 Å². The predicted octanol–water partition coefficient (Wildman–Crippen LogP) is 0.842. The fourth-order valence-electron chi connectivity index (χ4n) is 2.84. The van der Waals surface area contributed by atoms with E-state index in [1.54, 1.807) is 17.1 Å². The SMILES string of the molecule is OC[C@@H]1CO[C@](Cn2cncn2)(c2ccc(P)cc2F)C1. The number of aliphatic hydroxyl groups excluding tert-OH is 1. The number of hydrogen-bond acceptors (Lipinski definition) is 4. The first-order valence-corrected chi connectivity index (χ1v) is 7.33. The van der Waals surface area contributed by atoms with Gasteiger partial charge in [0, 0.05) is 18.1 Å². The fraction of sp³-hybridized carbons (Fsp3) is 0.429. The quantitative estimate of drug-likeness (QED) is 0.850. The minimum absolute atomic E-state index is 0.00333. The van der Waals surface area contributed by atoms with Gasteiger partial charge >= 0.3 is 0 Å². The van der Waals surface area contributed by atoms with Gasteiger partial charge < -0.3 is 9.84 Å². The molecule has 21 heavy (non-hydrogen) atoms. The van der Waals surface area contributed by atoms with Crippen LogP contribution in [0.2, 0.25) is 0 Å². The Morgan fingerprint density at radius 3 is 3.00 bits per heavy atom. The summed E-state index contributed by atoms with van der Waals surface area (Å²) >= 11 is 0. The van der Waals surface area contributed by atoms with E-state index < -0.39 is 5.60 Å². The van der Waals surface area contributed by atoms with E-state index in [0.29, 0.717) is 25.1 Å². The summed E-state index contributed by atoms with van der Waals surface area (Å²) in [6.45, 7) is 0.812. The number of nitrogens with zero attached hydrogens (tertiary/aromatic N) is 3. The molecule has 0 bridgehead atoms. The van der Waals surface area contributed by atoms with Gasteiger partial charge in [-0.3, -0.25) is 0 Å². The molecule has 2 heterocycles. The molecule has 1 unspecified atom stereocenters. The highest BCUT2D eigenvalue weighted by molar-refractivity contribution is 7.27. The van der Waals surface area contributed by atoms with Crippen LogP contribution in [-0.2, 0) is 16.9 Å². The van der Waals surface area contributed by atoms with E-state index in [1.807, 2.05) is 6.07 Å². The van der Waals surface area contributed by atoms with Crippen molar-refractivity contribution >= 4 is 14.5 Å². The number of hydrogen-bond donors (Lipinski definition) is 1. The zero-order valence-corrected chi connectivity index (χ0v) is 12.6. The molecule has 1 fully saturated rings. The highest BCUT2D eigenvalue weighted by Gasteiger charge is 2.44. The van der Waals surface area contributed by atoms with E-state index in [9.17, 15) is 9.50 Å². The van der Waals surface area contributed by atoms with Gasteiger partial charge in [-0.2, -0.15) is 5.10 Å². The van der Waals surface area contributed by atoms with Crippen molar-refractivity contribution in [3.05, 3.63) is 42.2 Å². The average molecular weight is 309 g/mol. The molecule has 0 spiro atoms. The van der Waals surface area contributed by atoms with Crippen molar-refractivity contribution in [2.24, 2.45) is 5.92 Å². The lowest BCUT2D eigenvalue weighted by molar-refractivity contribution is -0.0206. The lowest BCUT2D eigenvalue weighted by atomic mass is 9.87. The molecule has 1 N–H and O–H groups in total. The van der Waals surface area contributed by atoms with Gasteiger partial charge in [-0.1, -0.05) is 12.1 Å². The maximum atomic E-state index is 14.4. The Balaban J connectivity index is 1.99. The molecule has 0 radical (unpaired) electrons. The van der Waals surface area contributed by atoms with Crippen LogP contribution in [0.3, 0.4) is 0 Å². The van der Waals surface area contributed by atoms with Crippen molar-refractivity contribution in [1.82, 2.24) is 14.8 Å². The molecule has 1 aliphatic rings. The molecule has 1 saturated heterocycles. The highest BCUT2D eigenvalue weighted by atomic mass is 31.0. The third kappa shape index (κ3) is 2.84.